The number of nitrogens with one attached hydrogen (secondary N) is 2. The SMILES string of the molecule is O=C(CSC1CCCCC1)NC(=O)NC1CC1. The molecule has 5 heteroatoms. The Balaban J connectivity index is 1.57. The highest BCUT2D eigenvalue weighted by Gasteiger charge is 2.24. The Kier molecular flexibility index (Phi) is 4.71. The van der Waals surface area contributed by atoms with Crippen LogP contribution in [0.15, 0.2) is 0 Å². The summed E-state index contributed by atoms with van der Waals surface area (Å²) in [6, 6.07) is -0.0319. The molecule has 4 nitrogen and oxygen atoms in total. The molecule has 0 aliphatic heterocycles. The van der Waals surface area contributed by atoms with Crippen LogP contribution in [-0.4, -0.2) is 29.0 Å². The Hall–Kier alpha value is -0.710. The summed E-state index contributed by atoms with van der Waals surface area (Å²) in [5.41, 5.74) is 0. The zero-order valence-electron chi connectivity index (χ0n) is 10.0. The highest BCUT2D eigenvalue weighted by atomic mass is 32.2. The van der Waals surface area contributed by atoms with Crippen molar-refractivity contribution in [1.29, 1.82) is 0 Å². The fourth-order valence-corrected chi connectivity index (χ4v) is 3.16. The monoisotopic (exact) mass is 256 g/mol. The van der Waals surface area contributed by atoms with E-state index in [2.05, 4.69) is 10.6 Å². The summed E-state index contributed by atoms with van der Waals surface area (Å²) in [7, 11) is 0. The standard InChI is InChI=1S/C12H20N2O2S/c15-11(14-12(16)13-9-6-7-9)8-17-10-4-2-1-3-5-10/h9-10H,1-8H2,(H2,13,14,15,16). The van der Waals surface area contributed by atoms with Gasteiger partial charge < -0.3 is 5.32 Å². The molecule has 0 radical (unpaired) electrons. The smallest absolute Gasteiger partial charge is 0.321 e. The average molecular weight is 256 g/mol. The van der Waals surface area contributed by atoms with Gasteiger partial charge in [0.2, 0.25) is 5.91 Å². The van der Waals surface area contributed by atoms with Gasteiger partial charge in [0, 0.05) is 11.3 Å². The van der Waals surface area contributed by atoms with Gasteiger partial charge in [0.25, 0.3) is 0 Å². The molecule has 0 saturated heterocycles. The molecule has 3 amide bonds. The number of hydrogen-bond donors (Lipinski definition) is 2. The minimum Gasteiger partial charge on any atom is -0.335 e. The maximum absolute atomic E-state index is 11.5. The van der Waals surface area contributed by atoms with Gasteiger partial charge >= 0.3 is 6.03 Å². The van der Waals surface area contributed by atoms with Gasteiger partial charge in [-0.2, -0.15) is 0 Å². The number of imide groups is 1. The Labute approximate surface area is 106 Å². The van der Waals surface area contributed by atoms with Gasteiger partial charge in [-0.25, -0.2) is 4.79 Å². The van der Waals surface area contributed by atoms with E-state index in [0.29, 0.717) is 17.0 Å². The van der Waals surface area contributed by atoms with Gasteiger partial charge in [0.1, 0.15) is 0 Å². The van der Waals surface area contributed by atoms with Crippen LogP contribution in [0.5, 0.6) is 0 Å². The molecule has 2 fully saturated rings. The second kappa shape index (κ2) is 6.28. The van der Waals surface area contributed by atoms with Crippen LogP contribution >= 0.6 is 11.8 Å². The van der Waals surface area contributed by atoms with Crippen LogP contribution in [-0.2, 0) is 4.79 Å². The van der Waals surface area contributed by atoms with Crippen molar-refractivity contribution >= 4 is 23.7 Å². The van der Waals surface area contributed by atoms with Gasteiger partial charge in [0.05, 0.1) is 5.75 Å². The molecule has 2 saturated carbocycles. The maximum Gasteiger partial charge on any atom is 0.321 e. The van der Waals surface area contributed by atoms with Crippen LogP contribution in [0.4, 0.5) is 4.79 Å². The van der Waals surface area contributed by atoms with Crippen molar-refractivity contribution < 1.29 is 9.59 Å². The fraction of sp³-hybridized carbons (Fsp3) is 0.833. The molecule has 2 aliphatic carbocycles. The number of thioether (sulfide) groups is 1. The first kappa shape index (κ1) is 12.7. The summed E-state index contributed by atoms with van der Waals surface area (Å²) in [6.07, 6.45) is 8.39. The Bertz CT molecular complexity index is 286. The zero-order valence-corrected chi connectivity index (χ0v) is 10.9. The zero-order chi connectivity index (χ0) is 12.1. The van der Waals surface area contributed by atoms with E-state index in [0.717, 1.165) is 12.8 Å². The molecule has 0 atom stereocenters. The molecular formula is C12H20N2O2S. The Morgan fingerprint density at radius 1 is 1.06 bits per heavy atom. The first-order valence-corrected chi connectivity index (χ1v) is 7.51. The topological polar surface area (TPSA) is 58.2 Å². The molecule has 0 aromatic rings. The van der Waals surface area contributed by atoms with E-state index in [1.807, 2.05) is 0 Å². The summed E-state index contributed by atoms with van der Waals surface area (Å²) in [4.78, 5) is 22.8. The van der Waals surface area contributed by atoms with E-state index < -0.39 is 0 Å². The van der Waals surface area contributed by atoms with Crippen LogP contribution in [0, 0.1) is 0 Å². The van der Waals surface area contributed by atoms with E-state index in [9.17, 15) is 9.59 Å². The number of amides is 3. The number of hydrogen-bond acceptors (Lipinski definition) is 3. The number of carbonyl (C=O) groups excluding carboxylic acids is 2. The lowest BCUT2D eigenvalue weighted by atomic mass is 10.0. The summed E-state index contributed by atoms with van der Waals surface area (Å²) in [5.74, 6) is 0.238. The van der Waals surface area contributed by atoms with Crippen molar-refractivity contribution in [3.63, 3.8) is 0 Å². The average Bonchev–Trinajstić information content (AvgIpc) is 3.11. The lowest BCUT2D eigenvalue weighted by Crippen LogP contribution is -2.41. The van der Waals surface area contributed by atoms with Crippen LogP contribution in [0.3, 0.4) is 0 Å². The second-order valence-electron chi connectivity index (χ2n) is 4.87. The van der Waals surface area contributed by atoms with Crippen LogP contribution in [0.25, 0.3) is 0 Å². The maximum atomic E-state index is 11.5. The molecule has 0 aromatic heterocycles. The normalized spacial score (nSPS) is 20.9. The molecule has 0 bridgehead atoms. The van der Waals surface area contributed by atoms with Crippen molar-refractivity contribution in [3.05, 3.63) is 0 Å². The van der Waals surface area contributed by atoms with E-state index in [-0.39, 0.29) is 11.9 Å². The molecule has 0 heterocycles. The number of urea groups is 1. The number of carbonyl (C=O) groups is 2. The predicted octanol–water partition coefficient (Wildman–Crippen LogP) is 2.04. The molecule has 96 valence electrons. The highest BCUT2D eigenvalue weighted by molar-refractivity contribution is 8.00. The molecule has 17 heavy (non-hydrogen) atoms. The third-order valence-electron chi connectivity index (χ3n) is 3.17. The summed E-state index contributed by atoms with van der Waals surface area (Å²) >= 11 is 1.69. The minimum atomic E-state index is -0.332. The minimum absolute atomic E-state index is 0.168. The van der Waals surface area contributed by atoms with Crippen molar-refractivity contribution in [2.75, 3.05) is 5.75 Å². The summed E-state index contributed by atoms with van der Waals surface area (Å²) < 4.78 is 0. The van der Waals surface area contributed by atoms with Gasteiger partial charge in [-0.05, 0) is 25.7 Å². The lowest BCUT2D eigenvalue weighted by Gasteiger charge is -2.20. The van der Waals surface area contributed by atoms with E-state index >= 15 is 0 Å². The van der Waals surface area contributed by atoms with Gasteiger partial charge in [0.15, 0.2) is 0 Å². The van der Waals surface area contributed by atoms with E-state index in [1.165, 1.54) is 32.1 Å². The first-order chi connectivity index (χ1) is 8.24. The van der Waals surface area contributed by atoms with Gasteiger partial charge in [-0.3, -0.25) is 10.1 Å². The quantitative estimate of drug-likeness (QED) is 0.809. The Morgan fingerprint density at radius 3 is 2.41 bits per heavy atom. The third-order valence-corrected chi connectivity index (χ3v) is 4.54. The largest absolute Gasteiger partial charge is 0.335 e. The highest BCUT2D eigenvalue weighted by Crippen LogP contribution is 2.27. The van der Waals surface area contributed by atoms with Gasteiger partial charge in [-0.1, -0.05) is 19.3 Å². The molecule has 2 N–H and O–H groups in total. The van der Waals surface area contributed by atoms with Crippen molar-refractivity contribution in [2.45, 2.75) is 56.2 Å². The van der Waals surface area contributed by atoms with Crippen molar-refractivity contribution in [2.24, 2.45) is 0 Å². The van der Waals surface area contributed by atoms with Crippen LogP contribution < -0.4 is 10.6 Å². The van der Waals surface area contributed by atoms with Crippen LogP contribution in [0.2, 0.25) is 0 Å². The fourth-order valence-electron chi connectivity index (χ4n) is 2.04. The molecule has 0 spiro atoms. The number of rotatable bonds is 4. The Morgan fingerprint density at radius 2 is 1.76 bits per heavy atom. The van der Waals surface area contributed by atoms with Crippen LogP contribution in [0.1, 0.15) is 44.9 Å². The van der Waals surface area contributed by atoms with E-state index in [1.54, 1.807) is 11.8 Å². The second-order valence-corrected chi connectivity index (χ2v) is 6.16. The molecular weight excluding hydrogens is 236 g/mol. The molecule has 2 rings (SSSR count). The third kappa shape index (κ3) is 4.98. The summed E-state index contributed by atoms with van der Waals surface area (Å²) in [6.45, 7) is 0. The summed E-state index contributed by atoms with van der Waals surface area (Å²) in [5, 5.41) is 5.74. The predicted molar refractivity (Wildman–Crippen MR) is 69.0 cm³/mol. The van der Waals surface area contributed by atoms with E-state index in [4.69, 9.17) is 0 Å². The lowest BCUT2D eigenvalue weighted by molar-refractivity contribution is -0.117. The van der Waals surface area contributed by atoms with Gasteiger partial charge in [-0.15, -0.1) is 11.8 Å². The van der Waals surface area contributed by atoms with Crippen molar-refractivity contribution in [1.82, 2.24) is 10.6 Å². The first-order valence-electron chi connectivity index (χ1n) is 6.46. The molecule has 0 unspecified atom stereocenters. The molecule has 0 aromatic carbocycles. The van der Waals surface area contributed by atoms with Crippen molar-refractivity contribution in [3.8, 4) is 0 Å². The molecule has 2 aliphatic rings.